The summed E-state index contributed by atoms with van der Waals surface area (Å²) in [5.41, 5.74) is 0.745. The Hall–Kier alpha value is -2.23. The van der Waals surface area contributed by atoms with Crippen molar-refractivity contribution in [3.05, 3.63) is 70.1 Å². The van der Waals surface area contributed by atoms with E-state index in [4.69, 9.17) is 0 Å². The summed E-state index contributed by atoms with van der Waals surface area (Å²) < 4.78 is 27.7. The molecule has 1 amide bonds. The highest BCUT2D eigenvalue weighted by Gasteiger charge is 2.17. The third-order valence-electron chi connectivity index (χ3n) is 3.09. The van der Waals surface area contributed by atoms with Crippen LogP contribution in [0.15, 0.2) is 69.3 Å². The first-order chi connectivity index (χ1) is 11.9. The predicted octanol–water partition coefficient (Wildman–Crippen LogP) is 3.96. The van der Waals surface area contributed by atoms with E-state index in [1.165, 1.54) is 17.5 Å². The topological polar surface area (TPSA) is 88.2 Å². The molecule has 0 saturated heterocycles. The fraction of sp³-hybridized carbons (Fsp3) is 0. The highest BCUT2D eigenvalue weighted by atomic mass is 79.9. The predicted molar refractivity (Wildman–Crippen MR) is 101 cm³/mol. The molecule has 3 rings (SSSR count). The molecule has 1 aromatic heterocycles. The molecular formula is C16H12BrN3O3S2. The van der Waals surface area contributed by atoms with Gasteiger partial charge in [0.15, 0.2) is 5.13 Å². The lowest BCUT2D eigenvalue weighted by atomic mass is 10.3. The van der Waals surface area contributed by atoms with Crippen LogP contribution in [0.3, 0.4) is 0 Å². The Labute approximate surface area is 157 Å². The molecule has 3 aromatic rings. The normalized spacial score (nSPS) is 11.1. The fourth-order valence-electron chi connectivity index (χ4n) is 1.96. The number of thiazole rings is 1. The van der Waals surface area contributed by atoms with Crippen molar-refractivity contribution >= 4 is 54.0 Å². The van der Waals surface area contributed by atoms with Crippen LogP contribution < -0.4 is 10.0 Å². The molecule has 9 heteroatoms. The molecule has 0 aliphatic rings. The second-order valence-corrected chi connectivity index (χ2v) is 8.38. The first-order valence-corrected chi connectivity index (χ1v) is 10.2. The van der Waals surface area contributed by atoms with Crippen LogP contribution in [0.5, 0.6) is 0 Å². The van der Waals surface area contributed by atoms with Gasteiger partial charge in [-0.05, 0) is 30.3 Å². The number of amides is 1. The number of sulfonamides is 1. The Morgan fingerprint density at radius 3 is 2.56 bits per heavy atom. The van der Waals surface area contributed by atoms with Crippen molar-refractivity contribution in [1.29, 1.82) is 0 Å². The maximum atomic E-state index is 12.3. The third-order valence-corrected chi connectivity index (χ3v) is 5.83. The van der Waals surface area contributed by atoms with Crippen molar-refractivity contribution in [2.24, 2.45) is 0 Å². The number of anilines is 2. The van der Waals surface area contributed by atoms with Gasteiger partial charge >= 0.3 is 0 Å². The average molecular weight is 438 g/mol. The standard InChI is InChI=1S/C16H12BrN3O3S2/c17-11-5-4-6-12(9-11)18-15(21)14-10-24-16(19-14)20-25(22,23)13-7-2-1-3-8-13/h1-10H,(H,18,21)(H,19,20). The molecule has 0 atom stereocenters. The molecule has 0 spiro atoms. The van der Waals surface area contributed by atoms with Gasteiger partial charge in [0.05, 0.1) is 4.90 Å². The molecular weight excluding hydrogens is 426 g/mol. The van der Waals surface area contributed by atoms with Crippen LogP contribution in [0.1, 0.15) is 10.5 Å². The van der Waals surface area contributed by atoms with Crippen LogP contribution in [0.25, 0.3) is 0 Å². The van der Waals surface area contributed by atoms with Gasteiger partial charge in [0, 0.05) is 15.5 Å². The molecule has 128 valence electrons. The average Bonchev–Trinajstić information content (AvgIpc) is 3.03. The molecule has 0 saturated carbocycles. The molecule has 2 aromatic carbocycles. The molecule has 0 bridgehead atoms. The number of benzene rings is 2. The van der Waals surface area contributed by atoms with E-state index in [9.17, 15) is 13.2 Å². The Balaban J connectivity index is 1.73. The molecule has 0 fully saturated rings. The largest absolute Gasteiger partial charge is 0.321 e. The first kappa shape index (κ1) is 17.6. The summed E-state index contributed by atoms with van der Waals surface area (Å²) in [6.07, 6.45) is 0. The minimum absolute atomic E-state index is 0.128. The summed E-state index contributed by atoms with van der Waals surface area (Å²) in [6.45, 7) is 0. The second kappa shape index (κ2) is 7.34. The van der Waals surface area contributed by atoms with Crippen LogP contribution in [0.4, 0.5) is 10.8 Å². The van der Waals surface area contributed by atoms with Gasteiger partial charge in [0.2, 0.25) is 0 Å². The monoisotopic (exact) mass is 437 g/mol. The number of carbonyl (C=O) groups excluding carboxylic acids is 1. The lowest BCUT2D eigenvalue weighted by Gasteiger charge is -2.05. The Bertz CT molecular complexity index is 1000. The van der Waals surface area contributed by atoms with E-state index in [1.807, 2.05) is 6.07 Å². The van der Waals surface area contributed by atoms with Gasteiger partial charge in [0.25, 0.3) is 15.9 Å². The molecule has 25 heavy (non-hydrogen) atoms. The van der Waals surface area contributed by atoms with Crippen molar-refractivity contribution in [2.45, 2.75) is 4.90 Å². The van der Waals surface area contributed by atoms with E-state index in [1.54, 1.807) is 36.4 Å². The smallest absolute Gasteiger partial charge is 0.275 e. The molecule has 0 unspecified atom stereocenters. The number of hydrogen-bond acceptors (Lipinski definition) is 5. The SMILES string of the molecule is O=C(Nc1cccc(Br)c1)c1csc(NS(=O)(=O)c2ccccc2)n1. The molecule has 0 radical (unpaired) electrons. The van der Waals surface area contributed by atoms with Crippen LogP contribution in [0, 0.1) is 0 Å². The van der Waals surface area contributed by atoms with Crippen molar-refractivity contribution in [1.82, 2.24) is 4.98 Å². The lowest BCUT2D eigenvalue weighted by Crippen LogP contribution is -2.14. The quantitative estimate of drug-likeness (QED) is 0.631. The number of rotatable bonds is 5. The minimum atomic E-state index is -3.73. The Morgan fingerprint density at radius 1 is 1.08 bits per heavy atom. The van der Waals surface area contributed by atoms with E-state index in [-0.39, 0.29) is 15.7 Å². The zero-order valence-corrected chi connectivity index (χ0v) is 15.9. The maximum Gasteiger partial charge on any atom is 0.275 e. The first-order valence-electron chi connectivity index (χ1n) is 7.04. The molecule has 0 aliphatic carbocycles. The molecule has 1 heterocycles. The Kier molecular flexibility index (Phi) is 5.16. The van der Waals surface area contributed by atoms with E-state index in [2.05, 4.69) is 31.0 Å². The van der Waals surface area contributed by atoms with Crippen LogP contribution in [0.2, 0.25) is 0 Å². The summed E-state index contributed by atoms with van der Waals surface area (Å²) >= 11 is 4.37. The zero-order chi connectivity index (χ0) is 17.9. The summed E-state index contributed by atoms with van der Waals surface area (Å²) in [4.78, 5) is 16.4. The third kappa shape index (κ3) is 4.44. The minimum Gasteiger partial charge on any atom is -0.321 e. The highest BCUT2D eigenvalue weighted by molar-refractivity contribution is 9.10. The number of halogens is 1. The van der Waals surface area contributed by atoms with Gasteiger partial charge in [-0.25, -0.2) is 13.4 Å². The van der Waals surface area contributed by atoms with Gasteiger partial charge in [-0.2, -0.15) is 0 Å². The van der Waals surface area contributed by atoms with Crippen molar-refractivity contribution < 1.29 is 13.2 Å². The van der Waals surface area contributed by atoms with Gasteiger partial charge in [-0.15, -0.1) is 11.3 Å². The van der Waals surface area contributed by atoms with E-state index < -0.39 is 15.9 Å². The second-order valence-electron chi connectivity index (χ2n) is 4.92. The number of aromatic nitrogens is 1. The van der Waals surface area contributed by atoms with Crippen LogP contribution >= 0.6 is 27.3 Å². The molecule has 0 aliphatic heterocycles. The summed E-state index contributed by atoms with van der Waals surface area (Å²) in [6, 6.07) is 15.1. The number of nitrogens with one attached hydrogen (secondary N) is 2. The van der Waals surface area contributed by atoms with Crippen LogP contribution in [-0.2, 0) is 10.0 Å². The summed E-state index contributed by atoms with van der Waals surface area (Å²) in [7, 11) is -3.73. The Morgan fingerprint density at radius 2 is 1.84 bits per heavy atom. The number of nitrogens with zero attached hydrogens (tertiary/aromatic N) is 1. The van der Waals surface area contributed by atoms with Gasteiger partial charge in [-0.3, -0.25) is 9.52 Å². The van der Waals surface area contributed by atoms with Crippen LogP contribution in [-0.4, -0.2) is 19.3 Å². The van der Waals surface area contributed by atoms with Crippen molar-refractivity contribution in [3.8, 4) is 0 Å². The summed E-state index contributed by atoms with van der Waals surface area (Å²) in [5.74, 6) is -0.417. The lowest BCUT2D eigenvalue weighted by molar-refractivity contribution is 0.102. The zero-order valence-electron chi connectivity index (χ0n) is 12.6. The molecule has 6 nitrogen and oxygen atoms in total. The fourth-order valence-corrected chi connectivity index (χ4v) is 4.32. The van der Waals surface area contributed by atoms with Crippen molar-refractivity contribution in [3.63, 3.8) is 0 Å². The molecule has 2 N–H and O–H groups in total. The number of hydrogen-bond donors (Lipinski definition) is 2. The highest BCUT2D eigenvalue weighted by Crippen LogP contribution is 2.21. The summed E-state index contributed by atoms with van der Waals surface area (Å²) in [5, 5.41) is 4.33. The number of carbonyl (C=O) groups is 1. The van der Waals surface area contributed by atoms with Gasteiger partial charge < -0.3 is 5.32 Å². The van der Waals surface area contributed by atoms with E-state index in [0.717, 1.165) is 15.8 Å². The maximum absolute atomic E-state index is 12.3. The van der Waals surface area contributed by atoms with Crippen molar-refractivity contribution in [2.75, 3.05) is 10.0 Å². The van der Waals surface area contributed by atoms with E-state index in [0.29, 0.717) is 5.69 Å². The van der Waals surface area contributed by atoms with E-state index >= 15 is 0 Å². The van der Waals surface area contributed by atoms with Gasteiger partial charge in [-0.1, -0.05) is 40.2 Å². The van der Waals surface area contributed by atoms with Gasteiger partial charge in [0.1, 0.15) is 5.69 Å².